The summed E-state index contributed by atoms with van der Waals surface area (Å²) in [4.78, 5) is 69.4. The van der Waals surface area contributed by atoms with Crippen molar-refractivity contribution in [3.8, 4) is 5.75 Å². The van der Waals surface area contributed by atoms with Crippen LogP contribution in [0.15, 0.2) is 73.1 Å². The van der Waals surface area contributed by atoms with Crippen LogP contribution in [-0.4, -0.2) is 74.9 Å². The summed E-state index contributed by atoms with van der Waals surface area (Å²) in [5, 5.41) is 23.4. The number of carbonyl (C=O) groups excluding carboxylic acids is 3. The Hall–Kier alpha value is -5.33. The zero-order chi connectivity index (χ0) is 28.8. The minimum atomic E-state index is -1.44. The van der Waals surface area contributed by atoms with E-state index in [4.69, 9.17) is 4.74 Å². The number of amides is 3. The summed E-state index contributed by atoms with van der Waals surface area (Å²) < 4.78 is 5.20. The average molecular weight is 548 g/mol. The highest BCUT2D eigenvalue weighted by Gasteiger charge is 2.44. The molecule has 206 valence electrons. The van der Waals surface area contributed by atoms with Gasteiger partial charge in [0.15, 0.2) is 6.17 Å². The summed E-state index contributed by atoms with van der Waals surface area (Å²) in [6, 6.07) is 13.3. The van der Waals surface area contributed by atoms with Gasteiger partial charge in [-0.25, -0.2) is 0 Å². The Kier molecular flexibility index (Phi) is 8.33. The highest BCUT2D eigenvalue weighted by atomic mass is 16.6. The molecule has 1 aliphatic rings. The Labute approximate surface area is 228 Å². The van der Waals surface area contributed by atoms with Crippen molar-refractivity contribution in [3.05, 3.63) is 99.9 Å². The van der Waals surface area contributed by atoms with Crippen LogP contribution in [0.4, 0.5) is 5.69 Å². The molecular formula is C27H25N5O8. The van der Waals surface area contributed by atoms with E-state index in [1.165, 1.54) is 71.8 Å². The number of aliphatic carboxylic acids is 1. The van der Waals surface area contributed by atoms with Gasteiger partial charge in [0, 0.05) is 48.7 Å². The third-order valence-corrected chi connectivity index (χ3v) is 6.35. The highest BCUT2D eigenvalue weighted by molar-refractivity contribution is 6.02. The number of aromatic nitrogens is 1. The van der Waals surface area contributed by atoms with Gasteiger partial charge in [0.25, 0.3) is 23.4 Å². The summed E-state index contributed by atoms with van der Waals surface area (Å²) in [6.07, 6.45) is 0.808. The molecule has 1 fully saturated rings. The minimum absolute atomic E-state index is 0.0192. The Balaban J connectivity index is 1.70. The van der Waals surface area contributed by atoms with Crippen molar-refractivity contribution in [1.29, 1.82) is 0 Å². The molecule has 2 unspecified atom stereocenters. The largest absolute Gasteiger partial charge is 0.497 e. The van der Waals surface area contributed by atoms with Gasteiger partial charge in [0.1, 0.15) is 5.75 Å². The molecule has 0 radical (unpaired) electrons. The second-order valence-corrected chi connectivity index (χ2v) is 8.85. The quantitative estimate of drug-likeness (QED) is 0.301. The van der Waals surface area contributed by atoms with Crippen LogP contribution in [0.1, 0.15) is 38.7 Å². The number of methoxy groups -OCH3 is 1. The summed E-state index contributed by atoms with van der Waals surface area (Å²) in [5.74, 6) is -2.75. The second-order valence-electron chi connectivity index (χ2n) is 8.85. The fourth-order valence-corrected chi connectivity index (χ4v) is 4.45. The number of ether oxygens (including phenoxy) is 1. The number of non-ortho nitro benzene ring substituents is 1. The number of pyridine rings is 1. The minimum Gasteiger partial charge on any atom is -0.497 e. The number of nitrogens with zero attached hydrogens (tertiary/aromatic N) is 4. The number of rotatable bonds is 9. The van der Waals surface area contributed by atoms with Crippen LogP contribution >= 0.6 is 0 Å². The summed E-state index contributed by atoms with van der Waals surface area (Å²) in [5.41, 5.74) is 0.355. The van der Waals surface area contributed by atoms with E-state index in [-0.39, 0.29) is 35.5 Å². The van der Waals surface area contributed by atoms with Crippen LogP contribution in [0.5, 0.6) is 5.75 Å². The number of nitrogens with one attached hydrogen (secondary N) is 1. The van der Waals surface area contributed by atoms with Gasteiger partial charge < -0.3 is 25.0 Å². The van der Waals surface area contributed by atoms with Crippen LogP contribution < -0.4 is 10.1 Å². The maximum absolute atomic E-state index is 13.8. The topological polar surface area (TPSA) is 172 Å². The molecule has 13 nitrogen and oxygen atoms in total. The van der Waals surface area contributed by atoms with Gasteiger partial charge in [-0.15, -0.1) is 0 Å². The molecule has 13 heteroatoms. The number of nitro groups is 1. The van der Waals surface area contributed by atoms with E-state index < -0.39 is 47.2 Å². The van der Waals surface area contributed by atoms with Gasteiger partial charge in [0.05, 0.1) is 24.5 Å². The monoisotopic (exact) mass is 547 g/mol. The third kappa shape index (κ3) is 6.04. The zero-order valence-corrected chi connectivity index (χ0v) is 21.3. The van der Waals surface area contributed by atoms with Crippen molar-refractivity contribution in [2.24, 2.45) is 0 Å². The molecule has 0 spiro atoms. The predicted octanol–water partition coefficient (Wildman–Crippen LogP) is 2.25. The normalized spacial score (nSPS) is 15.3. The summed E-state index contributed by atoms with van der Waals surface area (Å²) in [7, 11) is 1.45. The van der Waals surface area contributed by atoms with Gasteiger partial charge in [-0.05, 0) is 35.9 Å². The average Bonchev–Trinajstić information content (AvgIpc) is 3.41. The number of hydrogen-bond donors (Lipinski definition) is 2. The molecule has 2 heterocycles. The lowest BCUT2D eigenvalue weighted by atomic mass is 10.0. The van der Waals surface area contributed by atoms with Crippen LogP contribution in [0, 0.1) is 10.1 Å². The smallest absolute Gasteiger partial charge is 0.305 e. The molecule has 1 aliphatic heterocycles. The number of benzene rings is 2. The zero-order valence-electron chi connectivity index (χ0n) is 21.3. The van der Waals surface area contributed by atoms with E-state index in [0.717, 1.165) is 0 Å². The number of hydrogen-bond acceptors (Lipinski definition) is 8. The number of carboxylic acids is 1. The first-order chi connectivity index (χ1) is 19.2. The first-order valence-electron chi connectivity index (χ1n) is 12.1. The highest BCUT2D eigenvalue weighted by Crippen LogP contribution is 2.26. The van der Waals surface area contributed by atoms with Crippen molar-refractivity contribution < 1.29 is 33.9 Å². The SMILES string of the molecule is COc1cccc(C(=O)N2CCN(C(=O)c3ccncc3)C2C(=O)NC(CC(=O)O)c2cccc([N+](=O)[O-])c2)c1. The van der Waals surface area contributed by atoms with Gasteiger partial charge in [-0.3, -0.25) is 34.3 Å². The Bertz CT molecular complexity index is 1450. The van der Waals surface area contributed by atoms with E-state index in [9.17, 15) is 34.4 Å². The van der Waals surface area contributed by atoms with Crippen LogP contribution in [-0.2, 0) is 9.59 Å². The van der Waals surface area contributed by atoms with Crippen LogP contribution in [0.25, 0.3) is 0 Å². The Morgan fingerprint density at radius 3 is 2.30 bits per heavy atom. The first kappa shape index (κ1) is 27.7. The third-order valence-electron chi connectivity index (χ3n) is 6.35. The van der Waals surface area contributed by atoms with E-state index in [2.05, 4.69) is 10.3 Å². The van der Waals surface area contributed by atoms with E-state index in [1.54, 1.807) is 18.2 Å². The van der Waals surface area contributed by atoms with Gasteiger partial charge in [-0.1, -0.05) is 18.2 Å². The second kappa shape index (κ2) is 12.0. The standard InChI is InChI=1S/C27H25N5O8/c1-40-21-7-3-5-19(15-21)27(37)31-13-12-30(26(36)17-8-10-28-11-9-17)25(31)24(35)29-22(16-23(33)34)18-4-2-6-20(14-18)32(38)39/h2-11,14-15,22,25H,12-13,16H2,1H3,(H,29,35)(H,33,34). The van der Waals surface area contributed by atoms with Crippen molar-refractivity contribution >= 4 is 29.4 Å². The molecule has 2 aromatic carbocycles. The molecule has 2 atom stereocenters. The fourth-order valence-electron chi connectivity index (χ4n) is 4.45. The lowest BCUT2D eigenvalue weighted by molar-refractivity contribution is -0.384. The van der Waals surface area contributed by atoms with Crippen molar-refractivity contribution in [2.45, 2.75) is 18.6 Å². The number of carboxylic acid groups (broad SMARTS) is 1. The molecule has 40 heavy (non-hydrogen) atoms. The van der Waals surface area contributed by atoms with Gasteiger partial charge in [0.2, 0.25) is 0 Å². The maximum atomic E-state index is 13.8. The number of carbonyl (C=O) groups is 4. The lowest BCUT2D eigenvalue weighted by Gasteiger charge is -2.31. The molecule has 4 rings (SSSR count). The lowest BCUT2D eigenvalue weighted by Crippen LogP contribution is -2.54. The van der Waals surface area contributed by atoms with Crippen LogP contribution in [0.3, 0.4) is 0 Å². The van der Waals surface area contributed by atoms with E-state index in [1.807, 2.05) is 0 Å². The summed E-state index contributed by atoms with van der Waals surface area (Å²) in [6.45, 7) is 0.0424. The molecule has 0 aliphatic carbocycles. The fraction of sp³-hybridized carbons (Fsp3) is 0.222. The molecule has 0 bridgehead atoms. The Morgan fingerprint density at radius 2 is 1.68 bits per heavy atom. The van der Waals surface area contributed by atoms with Crippen molar-refractivity contribution in [1.82, 2.24) is 20.1 Å². The molecule has 0 saturated carbocycles. The van der Waals surface area contributed by atoms with E-state index >= 15 is 0 Å². The van der Waals surface area contributed by atoms with E-state index in [0.29, 0.717) is 5.75 Å². The number of nitro benzene ring substituents is 1. The molecule has 3 amide bonds. The summed E-state index contributed by atoms with van der Waals surface area (Å²) >= 11 is 0. The maximum Gasteiger partial charge on any atom is 0.305 e. The molecule has 3 aromatic rings. The van der Waals surface area contributed by atoms with Crippen LogP contribution in [0.2, 0.25) is 0 Å². The molecule has 2 N–H and O–H groups in total. The van der Waals surface area contributed by atoms with Crippen molar-refractivity contribution in [3.63, 3.8) is 0 Å². The first-order valence-corrected chi connectivity index (χ1v) is 12.1. The predicted molar refractivity (Wildman–Crippen MR) is 139 cm³/mol. The molecule has 1 aromatic heterocycles. The molecule has 1 saturated heterocycles. The molecular weight excluding hydrogens is 522 g/mol. The van der Waals surface area contributed by atoms with Gasteiger partial charge >= 0.3 is 5.97 Å². The Morgan fingerprint density at radius 1 is 1.02 bits per heavy atom. The van der Waals surface area contributed by atoms with Gasteiger partial charge in [-0.2, -0.15) is 0 Å². The van der Waals surface area contributed by atoms with Crippen molar-refractivity contribution in [2.75, 3.05) is 20.2 Å².